The molecule has 20 heavy (non-hydrogen) atoms. The molecule has 0 bridgehead atoms. The van der Waals surface area contributed by atoms with Crippen LogP contribution in [0.25, 0.3) is 5.78 Å². The fraction of sp³-hybridized carbons (Fsp3) is 0.214. The summed E-state index contributed by atoms with van der Waals surface area (Å²) in [4.78, 5) is 4.34. The second kappa shape index (κ2) is 4.80. The Bertz CT molecular complexity index is 765. The molecule has 2 heterocycles. The van der Waals surface area contributed by atoms with E-state index in [2.05, 4.69) is 15.2 Å². The van der Waals surface area contributed by atoms with E-state index >= 15 is 0 Å². The van der Waals surface area contributed by atoms with Crippen LogP contribution in [0.2, 0.25) is 0 Å². The van der Waals surface area contributed by atoms with Gasteiger partial charge in [-0.25, -0.2) is 4.98 Å². The molecule has 6 heteroatoms. The number of aromatic nitrogens is 4. The molecule has 0 saturated heterocycles. The molecule has 3 aromatic rings. The minimum atomic E-state index is 0.316. The van der Waals surface area contributed by atoms with Crippen LogP contribution in [-0.2, 0) is 6.61 Å². The van der Waals surface area contributed by atoms with Crippen LogP contribution in [-0.4, -0.2) is 19.6 Å². The highest BCUT2D eigenvalue weighted by Gasteiger charge is 2.10. The van der Waals surface area contributed by atoms with Gasteiger partial charge in [-0.05, 0) is 32.0 Å². The van der Waals surface area contributed by atoms with E-state index in [-0.39, 0.29) is 0 Å². The zero-order valence-electron chi connectivity index (χ0n) is 11.4. The second-order valence-electron chi connectivity index (χ2n) is 4.65. The Morgan fingerprint density at radius 3 is 2.85 bits per heavy atom. The maximum Gasteiger partial charge on any atom is 0.255 e. The maximum absolute atomic E-state index is 5.72. The SMILES string of the molecule is Cc1cc(C)n2c(COc3cccc(N)c3)nnc2n1. The third kappa shape index (κ3) is 2.27. The number of fused-ring (bicyclic) bond motifs is 1. The van der Waals surface area contributed by atoms with Crippen molar-refractivity contribution in [1.29, 1.82) is 0 Å². The van der Waals surface area contributed by atoms with Crippen molar-refractivity contribution in [3.63, 3.8) is 0 Å². The smallest absolute Gasteiger partial charge is 0.255 e. The molecule has 0 spiro atoms. The normalized spacial score (nSPS) is 10.9. The summed E-state index contributed by atoms with van der Waals surface area (Å²) in [6.45, 7) is 4.25. The van der Waals surface area contributed by atoms with Crippen LogP contribution in [0.5, 0.6) is 5.75 Å². The standard InChI is InChI=1S/C14H15N5O/c1-9-6-10(2)19-13(17-18-14(19)16-9)8-20-12-5-3-4-11(15)7-12/h3-7H,8,15H2,1-2H3. The van der Waals surface area contributed by atoms with Gasteiger partial charge in [-0.2, -0.15) is 0 Å². The summed E-state index contributed by atoms with van der Waals surface area (Å²) in [6.07, 6.45) is 0. The van der Waals surface area contributed by atoms with Crippen molar-refractivity contribution in [2.24, 2.45) is 0 Å². The number of anilines is 1. The summed E-state index contributed by atoms with van der Waals surface area (Å²) in [5.74, 6) is 2.01. The zero-order valence-corrected chi connectivity index (χ0v) is 11.4. The van der Waals surface area contributed by atoms with Crippen LogP contribution in [0.4, 0.5) is 5.69 Å². The van der Waals surface area contributed by atoms with Crippen LogP contribution >= 0.6 is 0 Å². The van der Waals surface area contributed by atoms with Crippen molar-refractivity contribution >= 4 is 11.5 Å². The summed E-state index contributed by atoms with van der Waals surface area (Å²) in [5.41, 5.74) is 8.34. The summed E-state index contributed by atoms with van der Waals surface area (Å²) in [7, 11) is 0. The fourth-order valence-electron chi connectivity index (χ4n) is 2.14. The summed E-state index contributed by atoms with van der Waals surface area (Å²) < 4.78 is 7.58. The molecule has 2 N–H and O–H groups in total. The molecule has 0 amide bonds. The Morgan fingerprint density at radius 1 is 1.20 bits per heavy atom. The minimum Gasteiger partial charge on any atom is -0.486 e. The highest BCUT2D eigenvalue weighted by molar-refractivity contribution is 5.43. The van der Waals surface area contributed by atoms with Crippen LogP contribution in [0.3, 0.4) is 0 Å². The number of aryl methyl sites for hydroxylation is 2. The molecule has 3 rings (SSSR count). The molecular weight excluding hydrogens is 254 g/mol. The number of nitrogens with two attached hydrogens (primary N) is 1. The third-order valence-corrected chi connectivity index (χ3v) is 2.99. The Labute approximate surface area is 116 Å². The van der Waals surface area contributed by atoms with Crippen LogP contribution < -0.4 is 10.5 Å². The Kier molecular flexibility index (Phi) is 2.98. The molecule has 0 aliphatic heterocycles. The molecule has 0 saturated carbocycles. The minimum absolute atomic E-state index is 0.316. The first-order chi connectivity index (χ1) is 9.63. The molecule has 0 unspecified atom stereocenters. The molecule has 0 radical (unpaired) electrons. The summed E-state index contributed by atoms with van der Waals surface area (Å²) >= 11 is 0. The lowest BCUT2D eigenvalue weighted by Gasteiger charge is -2.07. The van der Waals surface area contributed by atoms with Gasteiger partial charge in [0.2, 0.25) is 0 Å². The first-order valence-electron chi connectivity index (χ1n) is 6.30. The van der Waals surface area contributed by atoms with Crippen molar-refractivity contribution in [2.75, 3.05) is 5.73 Å². The first kappa shape index (κ1) is 12.4. The zero-order chi connectivity index (χ0) is 14.1. The quantitative estimate of drug-likeness (QED) is 0.735. The van der Waals surface area contributed by atoms with E-state index in [1.54, 1.807) is 6.07 Å². The molecule has 0 atom stereocenters. The number of hydrogen-bond donors (Lipinski definition) is 1. The van der Waals surface area contributed by atoms with Crippen molar-refractivity contribution in [1.82, 2.24) is 19.6 Å². The van der Waals surface area contributed by atoms with Crippen molar-refractivity contribution in [3.8, 4) is 5.75 Å². The van der Waals surface area contributed by atoms with Crippen LogP contribution in [0, 0.1) is 13.8 Å². The van der Waals surface area contributed by atoms with E-state index in [9.17, 15) is 0 Å². The molecule has 6 nitrogen and oxygen atoms in total. The summed E-state index contributed by atoms with van der Waals surface area (Å²) in [5, 5.41) is 8.20. The second-order valence-corrected chi connectivity index (χ2v) is 4.65. The van der Waals surface area contributed by atoms with Crippen molar-refractivity contribution in [3.05, 3.63) is 47.5 Å². The predicted octanol–water partition coefficient (Wildman–Crippen LogP) is 1.90. The lowest BCUT2D eigenvalue weighted by Crippen LogP contribution is -2.05. The van der Waals surface area contributed by atoms with Crippen molar-refractivity contribution < 1.29 is 4.74 Å². The van der Waals surface area contributed by atoms with Gasteiger partial charge in [0, 0.05) is 23.1 Å². The number of hydrogen-bond acceptors (Lipinski definition) is 5. The van der Waals surface area contributed by atoms with Crippen molar-refractivity contribution in [2.45, 2.75) is 20.5 Å². The number of nitrogens with zero attached hydrogens (tertiary/aromatic N) is 4. The van der Waals surface area contributed by atoms with E-state index in [0.29, 0.717) is 29.6 Å². The number of nitrogen functional groups attached to an aromatic ring is 1. The van der Waals surface area contributed by atoms with Gasteiger partial charge in [0.1, 0.15) is 12.4 Å². The third-order valence-electron chi connectivity index (χ3n) is 2.99. The molecule has 0 fully saturated rings. The van der Waals surface area contributed by atoms with E-state index in [4.69, 9.17) is 10.5 Å². The molecular formula is C14H15N5O. The molecule has 102 valence electrons. The van der Waals surface area contributed by atoms with Gasteiger partial charge in [-0.3, -0.25) is 4.40 Å². The first-order valence-corrected chi connectivity index (χ1v) is 6.30. The van der Waals surface area contributed by atoms with Gasteiger partial charge >= 0.3 is 0 Å². The Hall–Kier alpha value is -2.63. The molecule has 0 aliphatic carbocycles. The highest BCUT2D eigenvalue weighted by Crippen LogP contribution is 2.16. The number of benzene rings is 1. The highest BCUT2D eigenvalue weighted by atomic mass is 16.5. The van der Waals surface area contributed by atoms with E-state index in [1.807, 2.05) is 42.5 Å². The average molecular weight is 269 g/mol. The van der Waals surface area contributed by atoms with Gasteiger partial charge in [0.15, 0.2) is 5.82 Å². The average Bonchev–Trinajstić information content (AvgIpc) is 2.79. The lowest BCUT2D eigenvalue weighted by molar-refractivity contribution is 0.294. The lowest BCUT2D eigenvalue weighted by atomic mass is 10.3. The Balaban J connectivity index is 1.88. The van der Waals surface area contributed by atoms with Crippen LogP contribution in [0.1, 0.15) is 17.2 Å². The molecule has 2 aromatic heterocycles. The van der Waals surface area contributed by atoms with Gasteiger partial charge < -0.3 is 10.5 Å². The number of rotatable bonds is 3. The van der Waals surface area contributed by atoms with Gasteiger partial charge in [-0.15, -0.1) is 10.2 Å². The fourth-order valence-corrected chi connectivity index (χ4v) is 2.14. The number of ether oxygens (including phenoxy) is 1. The van der Waals surface area contributed by atoms with Gasteiger partial charge in [-0.1, -0.05) is 6.07 Å². The van der Waals surface area contributed by atoms with E-state index in [1.165, 1.54) is 0 Å². The topological polar surface area (TPSA) is 78.3 Å². The van der Waals surface area contributed by atoms with E-state index < -0.39 is 0 Å². The largest absolute Gasteiger partial charge is 0.486 e. The Morgan fingerprint density at radius 2 is 2.05 bits per heavy atom. The predicted molar refractivity (Wildman–Crippen MR) is 75.4 cm³/mol. The van der Waals surface area contributed by atoms with E-state index in [0.717, 1.165) is 11.4 Å². The summed E-state index contributed by atoms with van der Waals surface area (Å²) in [6, 6.07) is 9.28. The molecule has 0 aliphatic rings. The van der Waals surface area contributed by atoms with Gasteiger partial charge in [0.25, 0.3) is 5.78 Å². The van der Waals surface area contributed by atoms with Gasteiger partial charge in [0.05, 0.1) is 0 Å². The maximum atomic E-state index is 5.72. The van der Waals surface area contributed by atoms with Crippen LogP contribution in [0.15, 0.2) is 30.3 Å². The monoisotopic (exact) mass is 269 g/mol. The molecule has 1 aromatic carbocycles.